The van der Waals surface area contributed by atoms with E-state index in [1.165, 1.54) is 0 Å². The lowest BCUT2D eigenvalue weighted by atomic mass is 9.97. The minimum absolute atomic E-state index is 0.132. The predicted octanol–water partition coefficient (Wildman–Crippen LogP) is 3.53. The molecule has 0 amide bonds. The first-order valence-electron chi connectivity index (χ1n) is 9.54. The van der Waals surface area contributed by atoms with Crippen LogP contribution in [0, 0.1) is 11.5 Å². The Morgan fingerprint density at radius 3 is 2.79 bits per heavy atom. The number of rotatable bonds is 8. The van der Waals surface area contributed by atoms with Crippen LogP contribution < -0.4 is 10.6 Å². The maximum atomic E-state index is 10.8. The fourth-order valence-electron chi connectivity index (χ4n) is 3.22. The van der Waals surface area contributed by atoms with E-state index < -0.39 is 5.97 Å². The van der Waals surface area contributed by atoms with Crippen LogP contribution in [-0.4, -0.2) is 28.1 Å². The molecule has 0 bridgehead atoms. The highest BCUT2D eigenvalue weighted by molar-refractivity contribution is 5.97. The van der Waals surface area contributed by atoms with Gasteiger partial charge in [0.05, 0.1) is 0 Å². The zero-order chi connectivity index (χ0) is 20.6. The number of hydrogen-bond donors (Lipinski definition) is 2. The second-order valence-electron chi connectivity index (χ2n) is 6.87. The summed E-state index contributed by atoms with van der Waals surface area (Å²) >= 11 is 0. The van der Waals surface area contributed by atoms with Crippen molar-refractivity contribution >= 4 is 23.2 Å². The monoisotopic (exact) mass is 389 g/mol. The third kappa shape index (κ3) is 5.42. The summed E-state index contributed by atoms with van der Waals surface area (Å²) < 4.78 is 0. The highest BCUT2D eigenvalue weighted by Crippen LogP contribution is 2.34. The number of anilines is 1. The van der Waals surface area contributed by atoms with Crippen molar-refractivity contribution in [2.75, 3.05) is 4.90 Å². The molecule has 7 heteroatoms. The van der Waals surface area contributed by atoms with Gasteiger partial charge in [0.15, 0.2) is 0 Å². The van der Waals surface area contributed by atoms with Gasteiger partial charge in [-0.15, -0.1) is 4.99 Å². The van der Waals surface area contributed by atoms with Crippen molar-refractivity contribution in [3.05, 3.63) is 66.0 Å². The molecule has 1 aliphatic carbocycles. The highest BCUT2D eigenvalue weighted by Gasteiger charge is 2.32. The lowest BCUT2D eigenvalue weighted by Gasteiger charge is -2.23. The van der Waals surface area contributed by atoms with Gasteiger partial charge in [0.1, 0.15) is 0 Å². The molecule has 1 aromatic heterocycles. The van der Waals surface area contributed by atoms with E-state index in [-0.39, 0.29) is 18.4 Å². The molecule has 0 aliphatic heterocycles. The summed E-state index contributed by atoms with van der Waals surface area (Å²) in [6, 6.07) is 12.0. The molecule has 29 heavy (non-hydrogen) atoms. The molecule has 1 aromatic carbocycles. The van der Waals surface area contributed by atoms with Crippen molar-refractivity contribution in [3.63, 3.8) is 0 Å². The van der Waals surface area contributed by atoms with Crippen LogP contribution >= 0.6 is 0 Å². The van der Waals surface area contributed by atoms with Crippen molar-refractivity contribution in [2.24, 2.45) is 10.7 Å². The second-order valence-corrected chi connectivity index (χ2v) is 6.87. The number of nitriles is 1. The van der Waals surface area contributed by atoms with E-state index in [4.69, 9.17) is 16.1 Å². The number of carboxylic acid groups (broad SMARTS) is 1. The summed E-state index contributed by atoms with van der Waals surface area (Å²) in [5, 5.41) is 17.8. The van der Waals surface area contributed by atoms with Crippen molar-refractivity contribution in [1.29, 1.82) is 5.26 Å². The molecular weight excluding hydrogens is 366 g/mol. The SMILES string of the molecule is N#CN=C(N)N(c1cccc(C(=CCCCC(=O)O)c2cccnc2)c1)C1CC1. The first-order chi connectivity index (χ1) is 14.1. The lowest BCUT2D eigenvalue weighted by Crippen LogP contribution is -2.39. The predicted molar refractivity (Wildman–Crippen MR) is 112 cm³/mol. The highest BCUT2D eigenvalue weighted by atomic mass is 16.4. The Morgan fingerprint density at radius 2 is 2.14 bits per heavy atom. The molecule has 7 nitrogen and oxygen atoms in total. The minimum Gasteiger partial charge on any atom is -0.481 e. The van der Waals surface area contributed by atoms with Crippen LogP contribution in [0.2, 0.25) is 0 Å². The Balaban J connectivity index is 1.95. The molecule has 1 saturated carbocycles. The van der Waals surface area contributed by atoms with Crippen LogP contribution in [0.15, 0.2) is 59.9 Å². The van der Waals surface area contributed by atoms with Crippen LogP contribution in [-0.2, 0) is 4.79 Å². The van der Waals surface area contributed by atoms with E-state index in [0.717, 1.165) is 35.2 Å². The Morgan fingerprint density at radius 1 is 1.34 bits per heavy atom. The van der Waals surface area contributed by atoms with Gasteiger partial charge in [-0.1, -0.05) is 24.3 Å². The number of aliphatic carboxylic acids is 1. The van der Waals surface area contributed by atoms with Crippen molar-refractivity contribution < 1.29 is 9.90 Å². The van der Waals surface area contributed by atoms with Crippen molar-refractivity contribution in [2.45, 2.75) is 38.1 Å². The van der Waals surface area contributed by atoms with Gasteiger partial charge in [0.25, 0.3) is 0 Å². The van der Waals surface area contributed by atoms with Gasteiger partial charge in [0.2, 0.25) is 12.2 Å². The number of aromatic nitrogens is 1. The zero-order valence-corrected chi connectivity index (χ0v) is 16.0. The molecule has 0 unspecified atom stereocenters. The maximum absolute atomic E-state index is 10.8. The van der Waals surface area contributed by atoms with E-state index >= 15 is 0 Å². The molecule has 2 aromatic rings. The summed E-state index contributed by atoms with van der Waals surface area (Å²) in [6.07, 6.45) is 10.7. The van der Waals surface area contributed by atoms with Crippen molar-refractivity contribution in [1.82, 2.24) is 4.98 Å². The minimum atomic E-state index is -0.796. The number of allylic oxidation sites excluding steroid dienone is 1. The van der Waals surface area contributed by atoms with Crippen LogP contribution in [0.25, 0.3) is 5.57 Å². The number of nitrogens with zero attached hydrogens (tertiary/aromatic N) is 4. The Bertz CT molecular complexity index is 959. The van der Waals surface area contributed by atoms with Gasteiger partial charge in [-0.3, -0.25) is 9.78 Å². The summed E-state index contributed by atoms with van der Waals surface area (Å²) in [6.45, 7) is 0. The number of pyridine rings is 1. The van der Waals surface area contributed by atoms with Crippen molar-refractivity contribution in [3.8, 4) is 6.19 Å². The quantitative estimate of drug-likeness (QED) is 0.309. The van der Waals surface area contributed by atoms with Gasteiger partial charge in [-0.05, 0) is 55.0 Å². The van der Waals surface area contributed by atoms with Gasteiger partial charge in [-0.25, -0.2) is 0 Å². The zero-order valence-electron chi connectivity index (χ0n) is 16.0. The van der Waals surface area contributed by atoms with Gasteiger partial charge in [0, 0.05) is 36.1 Å². The Labute approximate surface area is 169 Å². The third-order valence-corrected chi connectivity index (χ3v) is 4.67. The molecule has 1 heterocycles. The van der Waals surface area contributed by atoms with Gasteiger partial charge < -0.3 is 15.7 Å². The summed E-state index contributed by atoms with van der Waals surface area (Å²) in [4.78, 5) is 20.6. The molecule has 0 saturated heterocycles. The topological polar surface area (TPSA) is 116 Å². The van der Waals surface area contributed by atoms with E-state index in [1.54, 1.807) is 18.6 Å². The summed E-state index contributed by atoms with van der Waals surface area (Å²) in [7, 11) is 0. The van der Waals surface area contributed by atoms with Crippen LogP contribution in [0.3, 0.4) is 0 Å². The molecular formula is C22H23N5O2. The number of guanidine groups is 1. The lowest BCUT2D eigenvalue weighted by molar-refractivity contribution is -0.137. The second kappa shape index (κ2) is 9.51. The standard InChI is InChI=1S/C22H23N5O2/c23-15-26-22(24)27(18-10-11-18)19-7-3-5-16(13-19)20(8-1-2-9-21(28)29)17-6-4-12-25-14-17/h3-8,12-14,18H,1-2,9-11H2,(H2,24,26)(H,28,29). The average molecular weight is 389 g/mol. The first-order valence-corrected chi connectivity index (χ1v) is 9.54. The van der Waals surface area contributed by atoms with E-state index in [1.807, 2.05) is 47.4 Å². The molecule has 3 rings (SSSR count). The molecule has 148 valence electrons. The third-order valence-electron chi connectivity index (χ3n) is 4.67. The number of nitrogens with two attached hydrogens (primary N) is 1. The number of benzene rings is 1. The number of carboxylic acids is 1. The molecule has 0 atom stereocenters. The average Bonchev–Trinajstić information content (AvgIpc) is 3.54. The van der Waals surface area contributed by atoms with Crippen LogP contribution in [0.5, 0.6) is 0 Å². The Kier molecular flexibility index (Phi) is 6.59. The number of unbranched alkanes of at least 4 members (excludes halogenated alkanes) is 1. The molecule has 0 radical (unpaired) electrons. The van der Waals surface area contributed by atoms with E-state index in [2.05, 4.69) is 9.98 Å². The molecule has 0 spiro atoms. The Hall–Kier alpha value is -3.66. The fraction of sp³-hybridized carbons (Fsp3) is 0.273. The molecule has 1 aliphatic rings. The van der Waals surface area contributed by atoms with Crippen LogP contribution in [0.4, 0.5) is 5.69 Å². The van der Waals surface area contributed by atoms with E-state index in [0.29, 0.717) is 12.8 Å². The smallest absolute Gasteiger partial charge is 0.303 e. The molecule has 3 N–H and O–H groups in total. The number of carbonyl (C=O) groups is 1. The van der Waals surface area contributed by atoms with Gasteiger partial charge in [-0.2, -0.15) is 5.26 Å². The maximum Gasteiger partial charge on any atom is 0.303 e. The normalized spacial score (nSPS) is 14.3. The number of aliphatic imine (C=N–C) groups is 1. The summed E-state index contributed by atoms with van der Waals surface area (Å²) in [5.74, 6) is -0.601. The fourth-order valence-corrected chi connectivity index (χ4v) is 3.22. The number of hydrogen-bond acceptors (Lipinski definition) is 4. The van der Waals surface area contributed by atoms with Gasteiger partial charge >= 0.3 is 5.97 Å². The summed E-state index contributed by atoms with van der Waals surface area (Å²) in [5.41, 5.74) is 9.83. The largest absolute Gasteiger partial charge is 0.481 e. The van der Waals surface area contributed by atoms with Crippen LogP contribution in [0.1, 0.15) is 43.2 Å². The first kappa shape index (κ1) is 20.1. The molecule has 1 fully saturated rings. The van der Waals surface area contributed by atoms with E-state index in [9.17, 15) is 4.79 Å².